The third-order valence-electron chi connectivity index (χ3n) is 3.21. The molecule has 0 saturated carbocycles. The molecule has 6 atom stereocenters. The maximum Gasteiger partial charge on any atom is 0.364 e. The summed E-state index contributed by atoms with van der Waals surface area (Å²) in [7, 11) is 0. The quantitative estimate of drug-likeness (QED) is 0.268. The average molecular weight is 309 g/mol. The molecular formula is C11H19NO9. The fourth-order valence-electron chi connectivity index (χ4n) is 2.14. The van der Waals surface area contributed by atoms with Crippen LogP contribution in [0.4, 0.5) is 0 Å². The molecule has 1 saturated heterocycles. The number of aliphatic hydroxyl groups excluding tert-OH is 4. The minimum Gasteiger partial charge on any atom is -0.477 e. The Bertz CT molecular complexity index is 403. The van der Waals surface area contributed by atoms with Crippen molar-refractivity contribution in [1.82, 2.24) is 5.32 Å². The summed E-state index contributed by atoms with van der Waals surface area (Å²) < 4.78 is 4.86. The summed E-state index contributed by atoms with van der Waals surface area (Å²) >= 11 is 0. The first-order valence-corrected chi connectivity index (χ1v) is 6.18. The number of amides is 1. The van der Waals surface area contributed by atoms with Crippen LogP contribution in [0.3, 0.4) is 0 Å². The second kappa shape index (κ2) is 6.64. The number of hydrogen-bond donors (Lipinski definition) is 7. The second-order valence-electron chi connectivity index (χ2n) is 4.91. The maximum absolute atomic E-state index is 11.1. The molecule has 0 aromatic carbocycles. The summed E-state index contributed by atoms with van der Waals surface area (Å²) in [6.07, 6.45) is -7.48. The highest BCUT2D eigenvalue weighted by molar-refractivity contribution is 5.76. The Hall–Kier alpha value is -1.30. The van der Waals surface area contributed by atoms with E-state index in [1.165, 1.54) is 0 Å². The Kier molecular flexibility index (Phi) is 5.61. The minimum absolute atomic E-state index is 0.598. The molecule has 0 bridgehead atoms. The molecule has 1 amide bonds. The second-order valence-corrected chi connectivity index (χ2v) is 4.91. The topological polar surface area (TPSA) is 177 Å². The molecule has 0 aromatic rings. The van der Waals surface area contributed by atoms with Crippen LogP contribution in [0.25, 0.3) is 0 Å². The SMILES string of the molecule is CC(=O)N[C@@H]1C(O)C[C@@](O)(C(=O)O)OC1[C@H](O)[C@H](O)CO. The molecule has 7 N–H and O–H groups in total. The van der Waals surface area contributed by atoms with E-state index in [-0.39, 0.29) is 0 Å². The molecule has 0 spiro atoms. The van der Waals surface area contributed by atoms with Crippen LogP contribution in [0.15, 0.2) is 0 Å². The van der Waals surface area contributed by atoms with Crippen molar-refractivity contribution in [1.29, 1.82) is 0 Å². The van der Waals surface area contributed by atoms with Crippen molar-refractivity contribution in [2.75, 3.05) is 6.61 Å². The van der Waals surface area contributed by atoms with E-state index < -0.39 is 61.1 Å². The van der Waals surface area contributed by atoms with Gasteiger partial charge >= 0.3 is 5.97 Å². The highest BCUT2D eigenvalue weighted by Crippen LogP contribution is 2.30. The van der Waals surface area contributed by atoms with Gasteiger partial charge in [-0.1, -0.05) is 0 Å². The molecule has 1 aliphatic heterocycles. The van der Waals surface area contributed by atoms with Gasteiger partial charge in [0.1, 0.15) is 18.3 Å². The van der Waals surface area contributed by atoms with E-state index >= 15 is 0 Å². The van der Waals surface area contributed by atoms with Crippen molar-refractivity contribution >= 4 is 11.9 Å². The molecule has 1 rings (SSSR count). The van der Waals surface area contributed by atoms with Crippen LogP contribution in [-0.4, -0.2) is 85.4 Å². The zero-order valence-electron chi connectivity index (χ0n) is 11.2. The highest BCUT2D eigenvalue weighted by Gasteiger charge is 2.53. The smallest absolute Gasteiger partial charge is 0.364 e. The normalized spacial score (nSPS) is 35.8. The number of aliphatic carboxylic acids is 1. The van der Waals surface area contributed by atoms with Crippen molar-refractivity contribution in [3.63, 3.8) is 0 Å². The van der Waals surface area contributed by atoms with Gasteiger partial charge in [-0.3, -0.25) is 4.79 Å². The van der Waals surface area contributed by atoms with Crippen LogP contribution in [0, 0.1) is 0 Å². The first kappa shape index (κ1) is 17.8. The summed E-state index contributed by atoms with van der Waals surface area (Å²) in [5, 5.41) is 59.0. The number of carboxylic acid groups (broad SMARTS) is 1. The van der Waals surface area contributed by atoms with Gasteiger partial charge in [-0.15, -0.1) is 0 Å². The molecule has 21 heavy (non-hydrogen) atoms. The molecule has 0 aromatic heterocycles. The number of aliphatic hydroxyl groups is 5. The van der Waals surface area contributed by atoms with Crippen molar-refractivity contribution in [3.8, 4) is 0 Å². The summed E-state index contributed by atoms with van der Waals surface area (Å²) in [4.78, 5) is 22.1. The van der Waals surface area contributed by atoms with Crippen LogP contribution in [0.2, 0.25) is 0 Å². The predicted octanol–water partition coefficient (Wildman–Crippen LogP) is -3.87. The number of nitrogens with one attached hydrogen (secondary N) is 1. The summed E-state index contributed by atoms with van der Waals surface area (Å²) in [6, 6.07) is -1.27. The number of ether oxygens (including phenoxy) is 1. The summed E-state index contributed by atoms with van der Waals surface area (Å²) in [6.45, 7) is 0.256. The molecule has 10 nitrogen and oxygen atoms in total. The number of carbonyl (C=O) groups is 2. The van der Waals surface area contributed by atoms with E-state index in [1.807, 2.05) is 0 Å². The number of carboxylic acids is 1. The van der Waals surface area contributed by atoms with E-state index in [2.05, 4.69) is 5.32 Å². The van der Waals surface area contributed by atoms with Gasteiger partial charge in [0.25, 0.3) is 5.79 Å². The van der Waals surface area contributed by atoms with Gasteiger partial charge < -0.3 is 40.7 Å². The van der Waals surface area contributed by atoms with Gasteiger partial charge in [-0.2, -0.15) is 0 Å². The lowest BCUT2D eigenvalue weighted by molar-refractivity contribution is -0.295. The van der Waals surface area contributed by atoms with Gasteiger partial charge in [0, 0.05) is 13.3 Å². The molecule has 0 aliphatic carbocycles. The van der Waals surface area contributed by atoms with Gasteiger partial charge in [0.2, 0.25) is 5.91 Å². The van der Waals surface area contributed by atoms with E-state index in [0.29, 0.717) is 0 Å². The van der Waals surface area contributed by atoms with E-state index in [4.69, 9.17) is 14.9 Å². The largest absolute Gasteiger partial charge is 0.477 e. The third-order valence-corrected chi connectivity index (χ3v) is 3.21. The standard InChI is InChI=1S/C11H19NO9/c1-4(14)12-7-5(15)2-11(20,10(18)19)21-9(7)8(17)6(16)3-13/h5-9,13,15-17,20H,2-3H2,1H3,(H,12,14)(H,18,19)/t5?,6-,7-,8-,9?,11+/m1/s1. The molecule has 122 valence electrons. The molecule has 1 aliphatic rings. The molecule has 1 fully saturated rings. The average Bonchev–Trinajstić information content (AvgIpc) is 2.39. The van der Waals surface area contributed by atoms with Crippen LogP contribution in [-0.2, 0) is 14.3 Å². The Labute approximate surface area is 119 Å². The van der Waals surface area contributed by atoms with E-state index in [0.717, 1.165) is 6.92 Å². The van der Waals surface area contributed by atoms with Crippen molar-refractivity contribution in [2.24, 2.45) is 0 Å². The third kappa shape index (κ3) is 3.87. The molecule has 1 heterocycles. The Morgan fingerprint density at radius 2 is 2.00 bits per heavy atom. The van der Waals surface area contributed by atoms with Crippen LogP contribution >= 0.6 is 0 Å². The van der Waals surface area contributed by atoms with Crippen molar-refractivity contribution in [3.05, 3.63) is 0 Å². The highest BCUT2D eigenvalue weighted by atomic mass is 16.7. The fraction of sp³-hybridized carbons (Fsp3) is 0.818. The zero-order valence-corrected chi connectivity index (χ0v) is 11.2. The lowest BCUT2D eigenvalue weighted by Gasteiger charge is -2.44. The lowest BCUT2D eigenvalue weighted by Crippen LogP contribution is -2.67. The molecule has 2 unspecified atom stereocenters. The minimum atomic E-state index is -2.78. The van der Waals surface area contributed by atoms with E-state index in [1.54, 1.807) is 0 Å². The molecule has 10 heteroatoms. The van der Waals surface area contributed by atoms with Crippen LogP contribution in [0.5, 0.6) is 0 Å². The summed E-state index contributed by atoms with van der Waals surface area (Å²) in [5.41, 5.74) is 0. The predicted molar refractivity (Wildman–Crippen MR) is 64.8 cm³/mol. The first-order chi connectivity index (χ1) is 9.62. The van der Waals surface area contributed by atoms with Crippen molar-refractivity contribution < 1.29 is 45.0 Å². The van der Waals surface area contributed by atoms with Crippen LogP contribution in [0.1, 0.15) is 13.3 Å². The number of hydrogen-bond acceptors (Lipinski definition) is 8. The van der Waals surface area contributed by atoms with Gasteiger partial charge in [0.15, 0.2) is 0 Å². The van der Waals surface area contributed by atoms with Gasteiger partial charge in [-0.05, 0) is 0 Å². The van der Waals surface area contributed by atoms with Gasteiger partial charge in [0.05, 0.1) is 18.8 Å². The number of rotatable bonds is 5. The summed E-state index contributed by atoms with van der Waals surface area (Å²) in [5.74, 6) is -5.17. The Morgan fingerprint density at radius 3 is 2.43 bits per heavy atom. The fourth-order valence-corrected chi connectivity index (χ4v) is 2.14. The maximum atomic E-state index is 11.1. The van der Waals surface area contributed by atoms with Gasteiger partial charge in [-0.25, -0.2) is 4.79 Å². The first-order valence-electron chi connectivity index (χ1n) is 6.18. The lowest BCUT2D eigenvalue weighted by atomic mass is 9.88. The van der Waals surface area contributed by atoms with E-state index in [9.17, 15) is 30.0 Å². The number of carbonyl (C=O) groups excluding carboxylic acids is 1. The van der Waals surface area contributed by atoms with Crippen molar-refractivity contribution in [2.45, 2.75) is 49.6 Å². The van der Waals surface area contributed by atoms with Crippen LogP contribution < -0.4 is 5.32 Å². The molecule has 0 radical (unpaired) electrons. The zero-order chi connectivity index (χ0) is 16.4. The monoisotopic (exact) mass is 309 g/mol. The molecular weight excluding hydrogens is 290 g/mol. The Morgan fingerprint density at radius 1 is 1.43 bits per heavy atom. The Balaban J connectivity index is 3.07.